The number of benzene rings is 2. The maximum absolute atomic E-state index is 13.9. The zero-order valence-electron chi connectivity index (χ0n) is 17.0. The molecule has 0 saturated carbocycles. The number of aliphatic carboxylic acids is 1. The molecule has 9 heteroatoms. The van der Waals surface area contributed by atoms with Crippen LogP contribution in [0.5, 0.6) is 17.2 Å². The second-order valence-corrected chi connectivity index (χ2v) is 7.71. The van der Waals surface area contributed by atoms with Gasteiger partial charge in [-0.05, 0) is 55.0 Å². The van der Waals surface area contributed by atoms with Gasteiger partial charge in [-0.25, -0.2) is 0 Å². The Bertz CT molecular complexity index is 1030. The third kappa shape index (κ3) is 4.92. The summed E-state index contributed by atoms with van der Waals surface area (Å²) in [5.41, 5.74) is 0.273. The van der Waals surface area contributed by atoms with Crippen molar-refractivity contribution in [2.75, 3.05) is 5.32 Å². The third-order valence-electron chi connectivity index (χ3n) is 5.08. The van der Waals surface area contributed by atoms with Crippen LogP contribution in [-0.4, -0.2) is 22.1 Å². The molecule has 3 rings (SSSR count). The molecule has 0 aliphatic heterocycles. The Morgan fingerprint density at radius 2 is 1.84 bits per heavy atom. The van der Waals surface area contributed by atoms with Crippen molar-refractivity contribution >= 4 is 17.6 Å². The summed E-state index contributed by atoms with van der Waals surface area (Å²) in [7, 11) is 0. The first-order valence-corrected chi connectivity index (χ1v) is 9.75. The summed E-state index contributed by atoms with van der Waals surface area (Å²) < 4.78 is 47.4. The van der Waals surface area contributed by atoms with Crippen LogP contribution in [0.1, 0.15) is 54.9 Å². The van der Waals surface area contributed by atoms with Gasteiger partial charge < -0.3 is 20.3 Å². The van der Waals surface area contributed by atoms with E-state index in [1.807, 2.05) is 13.8 Å². The number of carboxylic acids is 1. The first-order valence-electron chi connectivity index (χ1n) is 9.75. The summed E-state index contributed by atoms with van der Waals surface area (Å²) in [5, 5.41) is 21.0. The van der Waals surface area contributed by atoms with Gasteiger partial charge in [0, 0.05) is 16.8 Å². The standard InChI is InChI=1S/C22H22F3NO5/c1-11(2)15-8-12(6-7-18(15)27)31-21-14-5-3-4-13(14)17(9-16(21)22(23,24)25)26-19(28)10-20(29)30/h6-9,11,27H,3-5,10H2,1-2H3,(H,26,28)(H,29,30). The molecule has 2 aromatic carbocycles. The number of amides is 1. The minimum absolute atomic E-state index is 0.0279. The number of halogens is 3. The highest BCUT2D eigenvalue weighted by Gasteiger charge is 2.39. The van der Waals surface area contributed by atoms with E-state index in [-0.39, 0.29) is 28.9 Å². The first-order chi connectivity index (χ1) is 14.5. The lowest BCUT2D eigenvalue weighted by molar-refractivity contribution is -0.140. The van der Waals surface area contributed by atoms with E-state index in [4.69, 9.17) is 9.84 Å². The van der Waals surface area contributed by atoms with Crippen molar-refractivity contribution in [1.82, 2.24) is 0 Å². The monoisotopic (exact) mass is 437 g/mol. The molecule has 0 aromatic heterocycles. The molecule has 1 aliphatic carbocycles. The number of phenols is 1. The lowest BCUT2D eigenvalue weighted by atomic mass is 10.0. The maximum atomic E-state index is 13.9. The Kier molecular flexibility index (Phi) is 6.15. The molecule has 0 radical (unpaired) electrons. The topological polar surface area (TPSA) is 95.9 Å². The number of nitrogens with one attached hydrogen (secondary N) is 1. The SMILES string of the molecule is CC(C)c1cc(Oc2c(C(F)(F)F)cc(NC(=O)CC(=O)O)c3c2CCC3)ccc1O. The van der Waals surface area contributed by atoms with E-state index in [1.54, 1.807) is 0 Å². The molecule has 2 aromatic rings. The lowest BCUT2D eigenvalue weighted by Crippen LogP contribution is -2.18. The fourth-order valence-corrected chi connectivity index (χ4v) is 3.70. The molecule has 31 heavy (non-hydrogen) atoms. The molecule has 6 nitrogen and oxygen atoms in total. The summed E-state index contributed by atoms with van der Waals surface area (Å²) in [6, 6.07) is 5.07. The number of fused-ring (bicyclic) bond motifs is 1. The molecule has 0 fully saturated rings. The molecule has 1 aliphatic rings. The zero-order valence-corrected chi connectivity index (χ0v) is 17.0. The predicted molar refractivity (Wildman–Crippen MR) is 107 cm³/mol. The summed E-state index contributed by atoms with van der Waals surface area (Å²) in [5.74, 6) is -2.49. The molecular weight excluding hydrogens is 415 g/mol. The fourth-order valence-electron chi connectivity index (χ4n) is 3.70. The van der Waals surface area contributed by atoms with Gasteiger partial charge in [0.05, 0.1) is 0 Å². The van der Waals surface area contributed by atoms with Crippen molar-refractivity contribution in [3.05, 3.63) is 46.5 Å². The summed E-state index contributed by atoms with van der Waals surface area (Å²) in [6.45, 7) is 3.68. The number of rotatable bonds is 6. The quantitative estimate of drug-likeness (QED) is 0.538. The van der Waals surface area contributed by atoms with E-state index in [0.717, 1.165) is 6.07 Å². The Hall–Kier alpha value is -3.23. The molecule has 0 saturated heterocycles. The van der Waals surface area contributed by atoms with Gasteiger partial charge in [-0.2, -0.15) is 13.2 Å². The zero-order chi connectivity index (χ0) is 22.9. The van der Waals surface area contributed by atoms with E-state index < -0.39 is 30.0 Å². The van der Waals surface area contributed by atoms with Gasteiger partial charge in [0.1, 0.15) is 29.2 Å². The van der Waals surface area contributed by atoms with Gasteiger partial charge >= 0.3 is 12.1 Å². The Morgan fingerprint density at radius 1 is 1.16 bits per heavy atom. The van der Waals surface area contributed by atoms with Crippen molar-refractivity contribution in [3.63, 3.8) is 0 Å². The van der Waals surface area contributed by atoms with Gasteiger partial charge in [-0.15, -0.1) is 0 Å². The van der Waals surface area contributed by atoms with Crippen LogP contribution in [-0.2, 0) is 28.6 Å². The molecule has 3 N–H and O–H groups in total. The smallest absolute Gasteiger partial charge is 0.420 e. The van der Waals surface area contributed by atoms with Crippen LogP contribution in [0.25, 0.3) is 0 Å². The van der Waals surface area contributed by atoms with Crippen LogP contribution in [0.4, 0.5) is 18.9 Å². The molecule has 1 amide bonds. The molecular formula is C22H22F3NO5. The fraction of sp³-hybridized carbons (Fsp3) is 0.364. The minimum Gasteiger partial charge on any atom is -0.508 e. The summed E-state index contributed by atoms with van der Waals surface area (Å²) in [6.07, 6.45) is -4.29. The van der Waals surface area contributed by atoms with E-state index in [1.165, 1.54) is 18.2 Å². The van der Waals surface area contributed by atoms with Crippen molar-refractivity contribution in [2.45, 2.75) is 51.6 Å². The molecule has 0 atom stereocenters. The molecule has 0 unspecified atom stereocenters. The molecule has 166 valence electrons. The van der Waals surface area contributed by atoms with Gasteiger partial charge in [-0.3, -0.25) is 9.59 Å². The predicted octanol–water partition coefficient (Wildman–Crippen LogP) is 5.23. The van der Waals surface area contributed by atoms with Crippen LogP contribution in [0.2, 0.25) is 0 Å². The minimum atomic E-state index is -4.77. The Labute approximate surface area is 176 Å². The number of carbonyl (C=O) groups is 2. The first kappa shape index (κ1) is 22.5. The van der Waals surface area contributed by atoms with E-state index in [9.17, 15) is 27.9 Å². The largest absolute Gasteiger partial charge is 0.508 e. The van der Waals surface area contributed by atoms with Crippen molar-refractivity contribution < 1.29 is 37.7 Å². The summed E-state index contributed by atoms with van der Waals surface area (Å²) >= 11 is 0. The Balaban J connectivity index is 2.09. The number of aromatic hydroxyl groups is 1. The molecule has 0 heterocycles. The second-order valence-electron chi connectivity index (χ2n) is 7.71. The normalized spacial score (nSPS) is 13.2. The van der Waals surface area contributed by atoms with Crippen molar-refractivity contribution in [3.8, 4) is 17.2 Å². The van der Waals surface area contributed by atoms with Crippen LogP contribution < -0.4 is 10.1 Å². The number of hydrogen-bond donors (Lipinski definition) is 3. The maximum Gasteiger partial charge on any atom is 0.420 e. The van der Waals surface area contributed by atoms with Crippen molar-refractivity contribution in [2.24, 2.45) is 0 Å². The number of hydrogen-bond acceptors (Lipinski definition) is 4. The van der Waals surface area contributed by atoms with Gasteiger partial charge in [0.2, 0.25) is 5.91 Å². The Morgan fingerprint density at radius 3 is 2.45 bits per heavy atom. The van der Waals surface area contributed by atoms with Gasteiger partial charge in [-0.1, -0.05) is 13.8 Å². The molecule has 0 spiro atoms. The average Bonchev–Trinajstić information content (AvgIpc) is 3.13. The van der Waals surface area contributed by atoms with E-state index >= 15 is 0 Å². The van der Waals surface area contributed by atoms with E-state index in [0.29, 0.717) is 36.0 Å². The number of carboxylic acid groups (broad SMARTS) is 1. The van der Waals surface area contributed by atoms with Crippen molar-refractivity contribution in [1.29, 1.82) is 0 Å². The second kappa shape index (κ2) is 8.49. The summed E-state index contributed by atoms with van der Waals surface area (Å²) in [4.78, 5) is 22.6. The number of phenolic OH excluding ortho intramolecular Hbond substituents is 1. The highest BCUT2D eigenvalue weighted by atomic mass is 19.4. The highest BCUT2D eigenvalue weighted by Crippen LogP contribution is 2.47. The molecule has 0 bridgehead atoms. The number of carbonyl (C=O) groups excluding carboxylic acids is 1. The van der Waals surface area contributed by atoms with Crippen LogP contribution in [0.15, 0.2) is 24.3 Å². The van der Waals surface area contributed by atoms with Gasteiger partial charge in [0.15, 0.2) is 0 Å². The number of ether oxygens (including phenoxy) is 1. The van der Waals surface area contributed by atoms with Gasteiger partial charge in [0.25, 0.3) is 0 Å². The van der Waals surface area contributed by atoms with Crippen LogP contribution in [0, 0.1) is 0 Å². The number of anilines is 1. The number of alkyl halides is 3. The third-order valence-corrected chi connectivity index (χ3v) is 5.08. The van der Waals surface area contributed by atoms with Crippen LogP contribution in [0.3, 0.4) is 0 Å². The van der Waals surface area contributed by atoms with E-state index in [2.05, 4.69) is 5.32 Å². The van der Waals surface area contributed by atoms with Crippen LogP contribution >= 0.6 is 0 Å². The average molecular weight is 437 g/mol. The highest BCUT2D eigenvalue weighted by molar-refractivity contribution is 6.02. The lowest BCUT2D eigenvalue weighted by Gasteiger charge is -2.21.